The second kappa shape index (κ2) is 6.54. The van der Waals surface area contributed by atoms with Crippen molar-refractivity contribution in [3.05, 3.63) is 29.8 Å². The monoisotopic (exact) mass is 221 g/mol. The first-order valence-electron chi connectivity index (χ1n) is 6.01. The fourth-order valence-corrected chi connectivity index (χ4v) is 2.30. The van der Waals surface area contributed by atoms with Crippen molar-refractivity contribution in [1.29, 1.82) is 0 Å². The highest BCUT2D eigenvalue weighted by molar-refractivity contribution is 5.31. The minimum atomic E-state index is 0.600. The van der Waals surface area contributed by atoms with Crippen molar-refractivity contribution in [1.82, 2.24) is 5.32 Å². The molecule has 1 N–H and O–H groups in total. The van der Waals surface area contributed by atoms with Crippen LogP contribution in [0.4, 0.5) is 0 Å². The Morgan fingerprint density at radius 3 is 2.69 bits per heavy atom. The first-order valence-corrected chi connectivity index (χ1v) is 6.01. The molecular weight excluding hydrogens is 198 g/mol. The van der Waals surface area contributed by atoms with Gasteiger partial charge < -0.3 is 10.1 Å². The Balaban J connectivity index is 2.85. The molecule has 1 rings (SSSR count). The lowest BCUT2D eigenvalue weighted by Gasteiger charge is -2.23. The van der Waals surface area contributed by atoms with Gasteiger partial charge in [-0.25, -0.2) is 0 Å². The second-order valence-corrected chi connectivity index (χ2v) is 4.33. The molecule has 2 atom stereocenters. The Hall–Kier alpha value is -1.02. The van der Waals surface area contributed by atoms with E-state index in [2.05, 4.69) is 37.4 Å². The lowest BCUT2D eigenvalue weighted by molar-refractivity contribution is 0.407. The van der Waals surface area contributed by atoms with Crippen LogP contribution < -0.4 is 10.1 Å². The van der Waals surface area contributed by atoms with Crippen molar-refractivity contribution in [2.24, 2.45) is 5.92 Å². The molecule has 90 valence electrons. The molecule has 0 saturated carbocycles. The van der Waals surface area contributed by atoms with Crippen molar-refractivity contribution < 1.29 is 4.74 Å². The van der Waals surface area contributed by atoms with Crippen LogP contribution in [0.1, 0.15) is 31.7 Å². The van der Waals surface area contributed by atoms with Crippen LogP contribution in [0.25, 0.3) is 0 Å². The third-order valence-corrected chi connectivity index (χ3v) is 3.17. The highest BCUT2D eigenvalue weighted by atomic mass is 16.5. The predicted molar refractivity (Wildman–Crippen MR) is 69.1 cm³/mol. The van der Waals surface area contributed by atoms with Gasteiger partial charge in [0.2, 0.25) is 0 Å². The van der Waals surface area contributed by atoms with Gasteiger partial charge in [-0.05, 0) is 49.5 Å². The van der Waals surface area contributed by atoms with Crippen LogP contribution in [-0.4, -0.2) is 20.7 Å². The molecule has 2 nitrogen and oxygen atoms in total. The smallest absolute Gasteiger partial charge is 0.119 e. The summed E-state index contributed by atoms with van der Waals surface area (Å²) < 4.78 is 5.27. The van der Waals surface area contributed by atoms with E-state index in [1.807, 2.05) is 13.1 Å². The zero-order valence-corrected chi connectivity index (χ0v) is 10.8. The van der Waals surface area contributed by atoms with Crippen LogP contribution in [0.15, 0.2) is 24.3 Å². The molecule has 1 aromatic rings. The number of methoxy groups -OCH3 is 1. The second-order valence-electron chi connectivity index (χ2n) is 4.33. The van der Waals surface area contributed by atoms with Gasteiger partial charge in [0.25, 0.3) is 0 Å². The highest BCUT2D eigenvalue weighted by Crippen LogP contribution is 2.29. The summed E-state index contributed by atoms with van der Waals surface area (Å²) >= 11 is 0. The molecule has 16 heavy (non-hydrogen) atoms. The van der Waals surface area contributed by atoms with E-state index >= 15 is 0 Å². The summed E-state index contributed by atoms with van der Waals surface area (Å²) in [6.45, 7) is 5.59. The van der Waals surface area contributed by atoms with Gasteiger partial charge in [0, 0.05) is 0 Å². The van der Waals surface area contributed by atoms with E-state index in [-0.39, 0.29) is 0 Å². The summed E-state index contributed by atoms with van der Waals surface area (Å²) in [5.41, 5.74) is 1.38. The van der Waals surface area contributed by atoms with Crippen LogP contribution in [0.3, 0.4) is 0 Å². The van der Waals surface area contributed by atoms with E-state index in [1.54, 1.807) is 7.11 Å². The Labute approximate surface area is 99.0 Å². The van der Waals surface area contributed by atoms with Gasteiger partial charge in [-0.3, -0.25) is 0 Å². The minimum Gasteiger partial charge on any atom is -0.497 e. The van der Waals surface area contributed by atoms with Crippen LogP contribution in [0.2, 0.25) is 0 Å². The summed E-state index contributed by atoms with van der Waals surface area (Å²) in [4.78, 5) is 0. The van der Waals surface area contributed by atoms with Gasteiger partial charge >= 0.3 is 0 Å². The number of rotatable bonds is 6. The molecule has 0 aliphatic rings. The first kappa shape index (κ1) is 13.0. The molecule has 0 spiro atoms. The van der Waals surface area contributed by atoms with E-state index in [9.17, 15) is 0 Å². The SMILES string of the molecule is CC[C@@H](c1cccc(OC)c1)[C@@H](C)CNC. The van der Waals surface area contributed by atoms with Gasteiger partial charge in [0.05, 0.1) is 7.11 Å². The summed E-state index contributed by atoms with van der Waals surface area (Å²) in [5, 5.41) is 3.25. The number of hydrogen-bond acceptors (Lipinski definition) is 2. The molecular formula is C14H23NO. The number of benzene rings is 1. The zero-order valence-electron chi connectivity index (χ0n) is 10.8. The lowest BCUT2D eigenvalue weighted by Crippen LogP contribution is -2.22. The van der Waals surface area contributed by atoms with Crippen LogP contribution in [-0.2, 0) is 0 Å². The van der Waals surface area contributed by atoms with E-state index in [4.69, 9.17) is 4.74 Å². The average molecular weight is 221 g/mol. The topological polar surface area (TPSA) is 21.3 Å². The Morgan fingerprint density at radius 2 is 2.12 bits per heavy atom. The molecule has 0 aliphatic carbocycles. The maximum Gasteiger partial charge on any atom is 0.119 e. The molecule has 1 aromatic carbocycles. The van der Waals surface area contributed by atoms with Crippen molar-refractivity contribution >= 4 is 0 Å². The molecule has 0 heterocycles. The Kier molecular flexibility index (Phi) is 5.33. The maximum absolute atomic E-state index is 5.27. The van der Waals surface area contributed by atoms with E-state index in [0.29, 0.717) is 11.8 Å². The molecule has 0 unspecified atom stereocenters. The average Bonchev–Trinajstić information content (AvgIpc) is 2.31. The number of nitrogens with one attached hydrogen (secondary N) is 1. The minimum absolute atomic E-state index is 0.600. The zero-order chi connectivity index (χ0) is 12.0. The van der Waals surface area contributed by atoms with Gasteiger partial charge in [0.15, 0.2) is 0 Å². The first-order chi connectivity index (χ1) is 7.72. The predicted octanol–water partition coefficient (Wildman–Crippen LogP) is 3.04. The molecule has 0 radical (unpaired) electrons. The molecule has 0 amide bonds. The van der Waals surface area contributed by atoms with E-state index in [1.165, 1.54) is 5.56 Å². The quantitative estimate of drug-likeness (QED) is 0.797. The molecule has 0 aliphatic heterocycles. The van der Waals surface area contributed by atoms with E-state index < -0.39 is 0 Å². The fraction of sp³-hybridized carbons (Fsp3) is 0.571. The fourth-order valence-electron chi connectivity index (χ4n) is 2.30. The molecule has 0 fully saturated rings. The van der Waals surface area contributed by atoms with Gasteiger partial charge in [-0.15, -0.1) is 0 Å². The third-order valence-electron chi connectivity index (χ3n) is 3.17. The third kappa shape index (κ3) is 3.24. The van der Waals surface area contributed by atoms with Crippen molar-refractivity contribution in [2.45, 2.75) is 26.2 Å². The normalized spacial score (nSPS) is 14.5. The summed E-state index contributed by atoms with van der Waals surface area (Å²) in [6.07, 6.45) is 1.16. The van der Waals surface area contributed by atoms with Gasteiger partial charge in [-0.1, -0.05) is 26.0 Å². The number of ether oxygens (including phenoxy) is 1. The van der Waals surface area contributed by atoms with Gasteiger partial charge in [0.1, 0.15) is 5.75 Å². The molecule has 0 bridgehead atoms. The van der Waals surface area contributed by atoms with Crippen molar-refractivity contribution in [3.8, 4) is 5.75 Å². The molecule has 0 saturated heterocycles. The van der Waals surface area contributed by atoms with Crippen LogP contribution in [0, 0.1) is 5.92 Å². The Morgan fingerprint density at radius 1 is 1.38 bits per heavy atom. The summed E-state index contributed by atoms with van der Waals surface area (Å²) in [5.74, 6) is 2.19. The molecule has 0 aromatic heterocycles. The molecule has 2 heteroatoms. The standard InChI is InChI=1S/C14H23NO/c1-5-14(11(2)10-15-3)12-7-6-8-13(9-12)16-4/h6-9,11,14-15H,5,10H2,1-4H3/t11-,14+/m0/s1. The van der Waals surface area contributed by atoms with Gasteiger partial charge in [-0.2, -0.15) is 0 Å². The van der Waals surface area contributed by atoms with Crippen LogP contribution in [0.5, 0.6) is 5.75 Å². The summed E-state index contributed by atoms with van der Waals surface area (Å²) in [7, 11) is 3.73. The number of hydrogen-bond donors (Lipinski definition) is 1. The van der Waals surface area contributed by atoms with Crippen LogP contribution >= 0.6 is 0 Å². The highest BCUT2D eigenvalue weighted by Gasteiger charge is 2.17. The van der Waals surface area contributed by atoms with Crippen molar-refractivity contribution in [2.75, 3.05) is 20.7 Å². The largest absolute Gasteiger partial charge is 0.497 e. The summed E-state index contributed by atoms with van der Waals surface area (Å²) in [6, 6.07) is 8.42. The van der Waals surface area contributed by atoms with E-state index in [0.717, 1.165) is 18.7 Å². The maximum atomic E-state index is 5.27. The lowest BCUT2D eigenvalue weighted by atomic mass is 9.85. The van der Waals surface area contributed by atoms with Crippen molar-refractivity contribution in [3.63, 3.8) is 0 Å². The Bertz CT molecular complexity index is 311.